The second-order valence-electron chi connectivity index (χ2n) is 9.15. The number of nitrogens with two attached hydrogens (primary N) is 1. The van der Waals surface area contributed by atoms with Crippen molar-refractivity contribution in [1.29, 1.82) is 0 Å². The standard InChI is InChI=1S/C29H30N2O8/c30-25(32)17-22(15-18-12-13-19-6-1-2-7-20(19)14-18)39-29(38)24(10-5-11-26(33)34)31-28(37)23-9-4-3-8-21(23)16-27(35)36/h1-4,6-9,12-14,22,24H,5,10-11,15-17H2,(H2,30,32)(H,31,37)(H,33,34)(H,35,36)/t22-,24-/m0/s1. The van der Waals surface area contributed by atoms with Gasteiger partial charge in [-0.05, 0) is 40.8 Å². The maximum atomic E-state index is 13.2. The number of benzene rings is 3. The Labute approximate surface area is 224 Å². The Kier molecular flexibility index (Phi) is 10.1. The average Bonchev–Trinajstić information content (AvgIpc) is 2.87. The number of hydrogen-bond acceptors (Lipinski definition) is 6. The second kappa shape index (κ2) is 13.7. The molecule has 204 valence electrons. The smallest absolute Gasteiger partial charge is 0.328 e. The largest absolute Gasteiger partial charge is 0.481 e. The number of carboxylic acid groups (broad SMARTS) is 2. The molecular weight excluding hydrogens is 504 g/mol. The van der Waals surface area contributed by atoms with E-state index in [2.05, 4.69) is 5.32 Å². The average molecular weight is 535 g/mol. The predicted octanol–water partition coefficient (Wildman–Crippen LogP) is 2.85. The van der Waals surface area contributed by atoms with Crippen LogP contribution in [0.1, 0.15) is 47.2 Å². The van der Waals surface area contributed by atoms with E-state index >= 15 is 0 Å². The van der Waals surface area contributed by atoms with Crippen LogP contribution in [-0.2, 0) is 36.8 Å². The van der Waals surface area contributed by atoms with Gasteiger partial charge in [-0.25, -0.2) is 4.79 Å². The van der Waals surface area contributed by atoms with Crippen LogP contribution in [0.25, 0.3) is 10.8 Å². The first-order valence-corrected chi connectivity index (χ1v) is 12.4. The fourth-order valence-corrected chi connectivity index (χ4v) is 4.26. The Balaban J connectivity index is 1.79. The van der Waals surface area contributed by atoms with Crippen LogP contribution < -0.4 is 11.1 Å². The predicted molar refractivity (Wildman–Crippen MR) is 142 cm³/mol. The van der Waals surface area contributed by atoms with Crippen LogP contribution >= 0.6 is 0 Å². The second-order valence-corrected chi connectivity index (χ2v) is 9.15. The molecule has 0 spiro atoms. The van der Waals surface area contributed by atoms with Crippen LogP contribution in [0.5, 0.6) is 0 Å². The van der Waals surface area contributed by atoms with Crippen molar-refractivity contribution in [3.63, 3.8) is 0 Å². The lowest BCUT2D eigenvalue weighted by Crippen LogP contribution is -2.44. The van der Waals surface area contributed by atoms with Crippen molar-refractivity contribution >= 4 is 40.5 Å². The third-order valence-corrected chi connectivity index (χ3v) is 6.07. The van der Waals surface area contributed by atoms with Gasteiger partial charge in [-0.1, -0.05) is 60.7 Å². The lowest BCUT2D eigenvalue weighted by molar-refractivity contribution is -0.153. The van der Waals surface area contributed by atoms with Crippen LogP contribution in [0, 0.1) is 0 Å². The Bertz CT molecular complexity index is 1370. The molecule has 0 saturated heterocycles. The maximum absolute atomic E-state index is 13.2. The zero-order chi connectivity index (χ0) is 28.4. The molecule has 39 heavy (non-hydrogen) atoms. The van der Waals surface area contributed by atoms with Gasteiger partial charge < -0.3 is 26.0 Å². The highest BCUT2D eigenvalue weighted by atomic mass is 16.5. The summed E-state index contributed by atoms with van der Waals surface area (Å²) in [6.45, 7) is 0. The van der Waals surface area contributed by atoms with Crippen molar-refractivity contribution in [2.24, 2.45) is 5.73 Å². The summed E-state index contributed by atoms with van der Waals surface area (Å²) in [6.07, 6.45) is -1.60. The molecule has 0 radical (unpaired) electrons. The molecule has 0 fully saturated rings. The Morgan fingerprint density at radius 1 is 0.872 bits per heavy atom. The van der Waals surface area contributed by atoms with Crippen LogP contribution in [0.4, 0.5) is 0 Å². The molecule has 0 bridgehead atoms. The number of primary amides is 1. The molecule has 3 rings (SSSR count). The maximum Gasteiger partial charge on any atom is 0.328 e. The topological polar surface area (TPSA) is 173 Å². The van der Waals surface area contributed by atoms with Crippen molar-refractivity contribution in [2.45, 2.75) is 50.7 Å². The molecule has 10 heteroatoms. The van der Waals surface area contributed by atoms with Crippen LogP contribution in [0.15, 0.2) is 66.7 Å². The van der Waals surface area contributed by atoms with E-state index in [1.54, 1.807) is 12.1 Å². The molecule has 0 aliphatic rings. The summed E-state index contributed by atoms with van der Waals surface area (Å²) in [5.74, 6) is -4.43. The summed E-state index contributed by atoms with van der Waals surface area (Å²) in [5, 5.41) is 22.7. The highest BCUT2D eigenvalue weighted by Crippen LogP contribution is 2.19. The summed E-state index contributed by atoms with van der Waals surface area (Å²) in [4.78, 5) is 60.2. The Morgan fingerprint density at radius 2 is 1.56 bits per heavy atom. The van der Waals surface area contributed by atoms with Gasteiger partial charge in [-0.2, -0.15) is 0 Å². The molecule has 0 heterocycles. The van der Waals surface area contributed by atoms with Crippen molar-refractivity contribution < 1.29 is 38.9 Å². The summed E-state index contributed by atoms with van der Waals surface area (Å²) in [6, 6.07) is 18.2. The molecule has 0 saturated carbocycles. The molecule has 3 aromatic carbocycles. The minimum absolute atomic E-state index is 0.0444. The van der Waals surface area contributed by atoms with E-state index in [4.69, 9.17) is 20.7 Å². The number of esters is 1. The van der Waals surface area contributed by atoms with E-state index < -0.39 is 48.3 Å². The number of nitrogens with one attached hydrogen (secondary N) is 1. The first-order valence-electron chi connectivity index (χ1n) is 12.4. The Morgan fingerprint density at radius 3 is 2.26 bits per heavy atom. The van der Waals surface area contributed by atoms with Gasteiger partial charge in [0.15, 0.2) is 0 Å². The zero-order valence-electron chi connectivity index (χ0n) is 21.2. The van der Waals surface area contributed by atoms with Gasteiger partial charge in [0.05, 0.1) is 12.8 Å². The quantitative estimate of drug-likeness (QED) is 0.229. The van der Waals surface area contributed by atoms with E-state index in [1.165, 1.54) is 12.1 Å². The summed E-state index contributed by atoms with van der Waals surface area (Å²) < 4.78 is 5.63. The lowest BCUT2D eigenvalue weighted by Gasteiger charge is -2.23. The Hall–Kier alpha value is -4.73. The van der Waals surface area contributed by atoms with Crippen LogP contribution in [-0.4, -0.2) is 52.1 Å². The summed E-state index contributed by atoms with van der Waals surface area (Å²) in [5.41, 5.74) is 6.53. The fourth-order valence-electron chi connectivity index (χ4n) is 4.26. The van der Waals surface area contributed by atoms with Crippen LogP contribution in [0.2, 0.25) is 0 Å². The highest BCUT2D eigenvalue weighted by molar-refractivity contribution is 5.98. The fraction of sp³-hybridized carbons (Fsp3) is 0.276. The number of rotatable bonds is 14. The number of amides is 2. The van der Waals surface area contributed by atoms with E-state index in [0.29, 0.717) is 0 Å². The van der Waals surface area contributed by atoms with E-state index in [1.807, 2.05) is 42.5 Å². The van der Waals surface area contributed by atoms with Gasteiger partial charge in [0.1, 0.15) is 12.1 Å². The number of ether oxygens (including phenoxy) is 1. The SMILES string of the molecule is NC(=O)C[C@H](Cc1ccc2ccccc2c1)OC(=O)[C@H](CCCC(=O)O)NC(=O)c1ccccc1CC(=O)O. The third-order valence-electron chi connectivity index (χ3n) is 6.07. The molecule has 0 aromatic heterocycles. The molecule has 0 unspecified atom stereocenters. The van der Waals surface area contributed by atoms with Gasteiger partial charge in [-0.15, -0.1) is 0 Å². The molecule has 3 aromatic rings. The highest BCUT2D eigenvalue weighted by Gasteiger charge is 2.28. The van der Waals surface area contributed by atoms with Gasteiger partial charge in [0.25, 0.3) is 5.91 Å². The number of carboxylic acids is 2. The van der Waals surface area contributed by atoms with Crippen molar-refractivity contribution in [2.75, 3.05) is 0 Å². The van der Waals surface area contributed by atoms with E-state index in [-0.39, 0.29) is 43.2 Å². The number of carbonyl (C=O) groups is 5. The van der Waals surface area contributed by atoms with Gasteiger partial charge in [0, 0.05) is 18.4 Å². The summed E-state index contributed by atoms with van der Waals surface area (Å²) >= 11 is 0. The molecule has 0 aliphatic heterocycles. The van der Waals surface area contributed by atoms with Crippen molar-refractivity contribution in [3.05, 3.63) is 83.4 Å². The third kappa shape index (κ3) is 8.96. The molecule has 2 atom stereocenters. The lowest BCUT2D eigenvalue weighted by atomic mass is 10.0. The van der Waals surface area contributed by atoms with Gasteiger partial charge in [-0.3, -0.25) is 19.2 Å². The van der Waals surface area contributed by atoms with Crippen molar-refractivity contribution in [3.8, 4) is 0 Å². The van der Waals surface area contributed by atoms with Gasteiger partial charge in [0.2, 0.25) is 5.91 Å². The van der Waals surface area contributed by atoms with E-state index in [0.717, 1.165) is 16.3 Å². The number of aliphatic carboxylic acids is 2. The first kappa shape index (κ1) is 28.8. The first-order chi connectivity index (χ1) is 18.6. The molecule has 10 nitrogen and oxygen atoms in total. The number of hydrogen-bond donors (Lipinski definition) is 4. The molecule has 2 amide bonds. The molecule has 5 N–H and O–H groups in total. The summed E-state index contributed by atoms with van der Waals surface area (Å²) in [7, 11) is 0. The van der Waals surface area contributed by atoms with E-state index in [9.17, 15) is 24.0 Å². The van der Waals surface area contributed by atoms with Crippen LogP contribution in [0.3, 0.4) is 0 Å². The minimum Gasteiger partial charge on any atom is -0.481 e. The minimum atomic E-state index is -1.23. The monoisotopic (exact) mass is 534 g/mol. The zero-order valence-corrected chi connectivity index (χ0v) is 21.2. The normalized spacial score (nSPS) is 12.3. The van der Waals surface area contributed by atoms with Crippen molar-refractivity contribution in [1.82, 2.24) is 5.32 Å². The number of carbonyl (C=O) groups excluding carboxylic acids is 3. The molecular formula is C29H30N2O8. The molecule has 0 aliphatic carbocycles. The number of fused-ring (bicyclic) bond motifs is 1. The van der Waals surface area contributed by atoms with Gasteiger partial charge >= 0.3 is 17.9 Å².